The molecule has 0 bridgehead atoms. The molecule has 2 rings (SSSR count). The van der Waals surface area contributed by atoms with Crippen LogP contribution in [0.15, 0.2) is 36.5 Å². The molecule has 1 atom stereocenters. The highest BCUT2D eigenvalue weighted by Gasteiger charge is 2.23. The molecule has 1 heterocycles. The molecule has 4 nitrogen and oxygen atoms in total. The van der Waals surface area contributed by atoms with Crippen LogP contribution in [0.5, 0.6) is 0 Å². The van der Waals surface area contributed by atoms with Gasteiger partial charge in [0.2, 0.25) is 5.28 Å². The Morgan fingerprint density at radius 3 is 2.60 bits per heavy atom. The summed E-state index contributed by atoms with van der Waals surface area (Å²) in [6, 6.07) is 9.35. The SMILES string of the molecule is COC(=O)C(Cc1cnc(Cl)nc1Cl)c1ccccc1. The number of methoxy groups -OCH3 is 1. The van der Waals surface area contributed by atoms with Gasteiger partial charge in [0, 0.05) is 11.8 Å². The minimum atomic E-state index is -0.455. The van der Waals surface area contributed by atoms with E-state index >= 15 is 0 Å². The van der Waals surface area contributed by atoms with Crippen LogP contribution in [0.4, 0.5) is 0 Å². The van der Waals surface area contributed by atoms with Crippen LogP contribution < -0.4 is 0 Å². The maximum absolute atomic E-state index is 12.0. The van der Waals surface area contributed by atoms with Crippen LogP contribution in [0.1, 0.15) is 17.0 Å². The van der Waals surface area contributed by atoms with E-state index in [-0.39, 0.29) is 16.4 Å². The van der Waals surface area contributed by atoms with E-state index < -0.39 is 5.92 Å². The van der Waals surface area contributed by atoms with Crippen LogP contribution in [-0.4, -0.2) is 23.0 Å². The van der Waals surface area contributed by atoms with Crippen LogP contribution in [0.3, 0.4) is 0 Å². The number of carbonyl (C=O) groups excluding carboxylic acids is 1. The van der Waals surface area contributed by atoms with E-state index in [1.807, 2.05) is 30.3 Å². The van der Waals surface area contributed by atoms with Gasteiger partial charge in [-0.15, -0.1) is 0 Å². The fourth-order valence-corrected chi connectivity index (χ4v) is 2.27. The van der Waals surface area contributed by atoms with Crippen molar-refractivity contribution in [3.63, 3.8) is 0 Å². The van der Waals surface area contributed by atoms with Crippen molar-refractivity contribution < 1.29 is 9.53 Å². The second-order valence-electron chi connectivity index (χ2n) is 4.15. The number of rotatable bonds is 4. The normalized spacial score (nSPS) is 11.9. The van der Waals surface area contributed by atoms with Crippen molar-refractivity contribution in [2.75, 3.05) is 7.11 Å². The summed E-state index contributed by atoms with van der Waals surface area (Å²) in [4.78, 5) is 19.7. The quantitative estimate of drug-likeness (QED) is 0.494. The largest absolute Gasteiger partial charge is 0.469 e. The standard InChI is InChI=1S/C14H12Cl2N2O2/c1-20-13(19)11(9-5-3-2-4-6-9)7-10-8-17-14(16)18-12(10)15/h2-6,8,11H,7H2,1H3. The molecule has 1 aromatic carbocycles. The average molecular weight is 311 g/mol. The van der Waals surface area contributed by atoms with Crippen molar-refractivity contribution in [1.29, 1.82) is 0 Å². The number of hydrogen-bond donors (Lipinski definition) is 0. The lowest BCUT2D eigenvalue weighted by Crippen LogP contribution is -2.17. The Labute approximate surface area is 126 Å². The summed E-state index contributed by atoms with van der Waals surface area (Å²) < 4.78 is 4.85. The molecule has 0 aliphatic heterocycles. The van der Waals surface area contributed by atoms with Crippen LogP contribution in [-0.2, 0) is 16.0 Å². The van der Waals surface area contributed by atoms with Gasteiger partial charge in [0.05, 0.1) is 13.0 Å². The molecule has 0 amide bonds. The molecule has 1 unspecified atom stereocenters. The van der Waals surface area contributed by atoms with Crippen LogP contribution in [0.2, 0.25) is 10.4 Å². The Morgan fingerprint density at radius 1 is 1.30 bits per heavy atom. The van der Waals surface area contributed by atoms with Crippen molar-refractivity contribution in [3.05, 3.63) is 58.1 Å². The van der Waals surface area contributed by atoms with Crippen LogP contribution >= 0.6 is 23.2 Å². The number of aromatic nitrogens is 2. The Bertz CT molecular complexity index is 605. The van der Waals surface area contributed by atoms with E-state index in [0.29, 0.717) is 12.0 Å². The number of ether oxygens (including phenoxy) is 1. The molecule has 104 valence electrons. The summed E-state index contributed by atoms with van der Waals surface area (Å²) in [7, 11) is 1.36. The Hall–Kier alpha value is -1.65. The number of hydrogen-bond acceptors (Lipinski definition) is 4. The topological polar surface area (TPSA) is 52.1 Å². The maximum Gasteiger partial charge on any atom is 0.313 e. The maximum atomic E-state index is 12.0. The molecule has 2 aromatic rings. The number of halogens is 2. The molecular weight excluding hydrogens is 299 g/mol. The fourth-order valence-electron chi connectivity index (χ4n) is 1.89. The minimum Gasteiger partial charge on any atom is -0.469 e. The molecule has 20 heavy (non-hydrogen) atoms. The van der Waals surface area contributed by atoms with Gasteiger partial charge in [-0.2, -0.15) is 0 Å². The molecule has 0 aliphatic carbocycles. The van der Waals surface area contributed by atoms with E-state index in [0.717, 1.165) is 5.56 Å². The molecule has 0 radical (unpaired) electrons. The molecule has 0 N–H and O–H groups in total. The first-order chi connectivity index (χ1) is 9.61. The smallest absolute Gasteiger partial charge is 0.313 e. The van der Waals surface area contributed by atoms with Gasteiger partial charge in [0.25, 0.3) is 0 Å². The van der Waals surface area contributed by atoms with Crippen molar-refractivity contribution in [2.24, 2.45) is 0 Å². The highest BCUT2D eigenvalue weighted by Crippen LogP contribution is 2.25. The van der Waals surface area contributed by atoms with Crippen LogP contribution in [0, 0.1) is 0 Å². The zero-order chi connectivity index (χ0) is 14.5. The van der Waals surface area contributed by atoms with Gasteiger partial charge in [0.15, 0.2) is 0 Å². The molecular formula is C14H12Cl2N2O2. The first-order valence-electron chi connectivity index (χ1n) is 5.91. The van der Waals surface area contributed by atoms with Gasteiger partial charge < -0.3 is 4.74 Å². The van der Waals surface area contributed by atoms with Gasteiger partial charge in [-0.3, -0.25) is 4.79 Å². The first kappa shape index (κ1) is 14.8. The fraction of sp³-hybridized carbons (Fsp3) is 0.214. The lowest BCUT2D eigenvalue weighted by atomic mass is 9.93. The molecule has 0 spiro atoms. The first-order valence-corrected chi connectivity index (χ1v) is 6.67. The molecule has 0 saturated carbocycles. The van der Waals surface area contributed by atoms with Gasteiger partial charge in [-0.25, -0.2) is 9.97 Å². The zero-order valence-electron chi connectivity index (χ0n) is 10.7. The molecule has 1 aromatic heterocycles. The Balaban J connectivity index is 2.31. The van der Waals surface area contributed by atoms with Gasteiger partial charge in [-0.05, 0) is 23.6 Å². The predicted octanol–water partition coefficient (Wildman–Crippen LogP) is 3.28. The summed E-state index contributed by atoms with van der Waals surface area (Å²) in [6.07, 6.45) is 1.88. The zero-order valence-corrected chi connectivity index (χ0v) is 12.2. The summed E-state index contributed by atoms with van der Waals surface area (Å²) in [5.74, 6) is -0.786. The Morgan fingerprint density at radius 2 is 2.00 bits per heavy atom. The summed E-state index contributed by atoms with van der Waals surface area (Å²) >= 11 is 11.7. The van der Waals surface area contributed by atoms with Crippen molar-refractivity contribution in [1.82, 2.24) is 9.97 Å². The molecule has 0 fully saturated rings. The van der Waals surface area contributed by atoms with Gasteiger partial charge >= 0.3 is 5.97 Å². The molecule has 0 aliphatic rings. The summed E-state index contributed by atoms with van der Waals surface area (Å²) in [5.41, 5.74) is 1.50. The number of nitrogens with zero attached hydrogens (tertiary/aromatic N) is 2. The second kappa shape index (κ2) is 6.68. The van der Waals surface area contributed by atoms with E-state index in [2.05, 4.69) is 9.97 Å². The van der Waals surface area contributed by atoms with Gasteiger partial charge in [0.1, 0.15) is 5.15 Å². The lowest BCUT2D eigenvalue weighted by Gasteiger charge is -2.15. The molecule has 6 heteroatoms. The van der Waals surface area contributed by atoms with Gasteiger partial charge in [-0.1, -0.05) is 41.9 Å². The monoisotopic (exact) mass is 310 g/mol. The van der Waals surface area contributed by atoms with Crippen molar-refractivity contribution >= 4 is 29.2 Å². The molecule has 0 saturated heterocycles. The number of benzene rings is 1. The van der Waals surface area contributed by atoms with E-state index in [1.54, 1.807) is 0 Å². The Kier molecular flexibility index (Phi) is 4.93. The van der Waals surface area contributed by atoms with Crippen molar-refractivity contribution in [3.8, 4) is 0 Å². The number of esters is 1. The lowest BCUT2D eigenvalue weighted by molar-refractivity contribution is -0.142. The number of carbonyl (C=O) groups is 1. The third-order valence-corrected chi connectivity index (χ3v) is 3.40. The van der Waals surface area contributed by atoms with E-state index in [4.69, 9.17) is 27.9 Å². The summed E-state index contributed by atoms with van der Waals surface area (Å²) in [5, 5.41) is 0.322. The highest BCUT2D eigenvalue weighted by molar-refractivity contribution is 6.32. The average Bonchev–Trinajstić information content (AvgIpc) is 2.46. The summed E-state index contributed by atoms with van der Waals surface area (Å²) in [6.45, 7) is 0. The third kappa shape index (κ3) is 3.46. The van der Waals surface area contributed by atoms with E-state index in [9.17, 15) is 4.79 Å². The third-order valence-electron chi connectivity index (χ3n) is 2.89. The second-order valence-corrected chi connectivity index (χ2v) is 4.84. The predicted molar refractivity (Wildman–Crippen MR) is 77.0 cm³/mol. The van der Waals surface area contributed by atoms with Crippen molar-refractivity contribution in [2.45, 2.75) is 12.3 Å². The minimum absolute atomic E-state index is 0.0769. The van der Waals surface area contributed by atoms with E-state index in [1.165, 1.54) is 13.3 Å². The highest BCUT2D eigenvalue weighted by atomic mass is 35.5. The van der Waals surface area contributed by atoms with Crippen LogP contribution in [0.25, 0.3) is 0 Å².